The molecule has 106 valence electrons. The number of rotatable bonds is 4. The molecular weight excluding hydrogens is 311 g/mol. The molecule has 6 nitrogen and oxygen atoms in total. The first kappa shape index (κ1) is 14.6. The van der Waals surface area contributed by atoms with Crippen LogP contribution in [0.25, 0.3) is 0 Å². The number of hydrogen-bond acceptors (Lipinski definition) is 6. The van der Waals surface area contributed by atoms with Crippen LogP contribution in [0.4, 0.5) is 11.6 Å². The first-order valence-corrected chi connectivity index (χ1v) is 8.26. The van der Waals surface area contributed by atoms with Crippen molar-refractivity contribution in [3.05, 3.63) is 16.1 Å². The number of aromatic nitrogens is 1. The standard InChI is InChI=1S/C10H14Cl2N4O2S/c11-7-3-8(12)10(16-13)15-9(7)14-4-6-1-2-19(17,18)5-6/h3,6H,1-2,4-5,13H2,(H2,14,15,16). The van der Waals surface area contributed by atoms with Gasteiger partial charge in [0.1, 0.15) is 5.82 Å². The molecule has 1 aromatic rings. The minimum absolute atomic E-state index is 0.0767. The Kier molecular flexibility index (Phi) is 4.39. The minimum atomic E-state index is -2.88. The number of nitrogens with one attached hydrogen (secondary N) is 2. The fourth-order valence-corrected chi connectivity index (χ4v) is 4.31. The summed E-state index contributed by atoms with van der Waals surface area (Å²) in [5, 5.41) is 3.72. The Hall–Kier alpha value is -0.760. The molecule has 1 aliphatic heterocycles. The number of hydrazine groups is 1. The van der Waals surface area contributed by atoms with Crippen molar-refractivity contribution in [1.82, 2.24) is 4.98 Å². The van der Waals surface area contributed by atoms with Crippen molar-refractivity contribution < 1.29 is 8.42 Å². The molecule has 0 bridgehead atoms. The van der Waals surface area contributed by atoms with Crippen molar-refractivity contribution in [2.45, 2.75) is 6.42 Å². The fraction of sp³-hybridized carbons (Fsp3) is 0.500. The third-order valence-electron chi connectivity index (χ3n) is 2.95. The van der Waals surface area contributed by atoms with E-state index in [9.17, 15) is 8.42 Å². The molecular formula is C10H14Cl2N4O2S. The zero-order chi connectivity index (χ0) is 14.0. The zero-order valence-corrected chi connectivity index (χ0v) is 12.3. The molecule has 0 spiro atoms. The van der Waals surface area contributed by atoms with Crippen LogP contribution in [0.5, 0.6) is 0 Å². The lowest BCUT2D eigenvalue weighted by Crippen LogP contribution is -2.17. The van der Waals surface area contributed by atoms with E-state index in [1.54, 1.807) is 0 Å². The van der Waals surface area contributed by atoms with Crippen molar-refractivity contribution in [3.63, 3.8) is 0 Å². The van der Waals surface area contributed by atoms with Crippen molar-refractivity contribution in [1.29, 1.82) is 0 Å². The van der Waals surface area contributed by atoms with Crippen molar-refractivity contribution >= 4 is 44.7 Å². The van der Waals surface area contributed by atoms with Gasteiger partial charge in [0.15, 0.2) is 15.7 Å². The van der Waals surface area contributed by atoms with Crippen LogP contribution >= 0.6 is 23.2 Å². The summed E-state index contributed by atoms with van der Waals surface area (Å²) in [5.74, 6) is 6.55. The number of hydrogen-bond donors (Lipinski definition) is 3. The monoisotopic (exact) mass is 324 g/mol. The van der Waals surface area contributed by atoms with Gasteiger partial charge in [-0.05, 0) is 18.4 Å². The minimum Gasteiger partial charge on any atom is -0.368 e. The number of nitrogens with zero attached hydrogens (tertiary/aromatic N) is 1. The molecule has 1 fully saturated rings. The van der Waals surface area contributed by atoms with Crippen molar-refractivity contribution in [2.24, 2.45) is 11.8 Å². The Balaban J connectivity index is 2.04. The quantitative estimate of drug-likeness (QED) is 0.574. The predicted octanol–water partition coefficient (Wildman–Crippen LogP) is 1.52. The number of sulfone groups is 1. The van der Waals surface area contributed by atoms with Crippen molar-refractivity contribution in [2.75, 3.05) is 28.8 Å². The first-order chi connectivity index (χ1) is 8.91. The predicted molar refractivity (Wildman–Crippen MR) is 77.3 cm³/mol. The smallest absolute Gasteiger partial charge is 0.161 e. The lowest BCUT2D eigenvalue weighted by atomic mass is 10.1. The Labute approximate surface area is 121 Å². The van der Waals surface area contributed by atoms with Gasteiger partial charge < -0.3 is 10.7 Å². The Morgan fingerprint density at radius 2 is 2.05 bits per heavy atom. The van der Waals surface area contributed by atoms with E-state index >= 15 is 0 Å². The van der Waals surface area contributed by atoms with Crippen LogP contribution in [0.3, 0.4) is 0 Å². The van der Waals surface area contributed by atoms with Crippen LogP contribution in [-0.4, -0.2) is 31.5 Å². The van der Waals surface area contributed by atoms with Gasteiger partial charge in [0.25, 0.3) is 0 Å². The summed E-state index contributed by atoms with van der Waals surface area (Å²) in [6, 6.07) is 1.53. The summed E-state index contributed by atoms with van der Waals surface area (Å²) in [4.78, 5) is 4.13. The number of nitrogen functional groups attached to an aromatic ring is 1. The summed E-state index contributed by atoms with van der Waals surface area (Å²) < 4.78 is 22.7. The molecule has 2 heterocycles. The Morgan fingerprint density at radius 3 is 2.63 bits per heavy atom. The van der Waals surface area contributed by atoms with Gasteiger partial charge >= 0.3 is 0 Å². The molecule has 2 rings (SSSR count). The Bertz CT molecular complexity index is 579. The molecule has 0 radical (unpaired) electrons. The summed E-state index contributed by atoms with van der Waals surface area (Å²) in [7, 11) is -2.88. The second-order valence-electron chi connectivity index (χ2n) is 4.44. The van der Waals surface area contributed by atoms with E-state index < -0.39 is 9.84 Å². The van der Waals surface area contributed by atoms with Gasteiger partial charge in [-0.25, -0.2) is 19.2 Å². The molecule has 0 aliphatic carbocycles. The molecule has 0 saturated carbocycles. The van der Waals surface area contributed by atoms with E-state index in [0.717, 1.165) is 0 Å². The highest BCUT2D eigenvalue weighted by molar-refractivity contribution is 7.91. The number of pyridine rings is 1. The van der Waals surface area contributed by atoms with E-state index in [2.05, 4.69) is 15.7 Å². The SMILES string of the molecule is NNc1nc(NCC2CCS(=O)(=O)C2)c(Cl)cc1Cl. The summed E-state index contributed by atoms with van der Waals surface area (Å²) in [5.41, 5.74) is 2.37. The van der Waals surface area contributed by atoms with E-state index in [-0.39, 0.29) is 17.4 Å². The van der Waals surface area contributed by atoms with E-state index in [1.807, 2.05) is 0 Å². The number of anilines is 2. The third kappa shape index (κ3) is 3.62. The molecule has 1 unspecified atom stereocenters. The summed E-state index contributed by atoms with van der Waals surface area (Å²) >= 11 is 11.9. The second kappa shape index (κ2) is 5.70. The molecule has 1 saturated heterocycles. The second-order valence-corrected chi connectivity index (χ2v) is 7.49. The highest BCUT2D eigenvalue weighted by atomic mass is 35.5. The highest BCUT2D eigenvalue weighted by Gasteiger charge is 2.27. The number of nitrogens with two attached hydrogens (primary N) is 1. The van der Waals surface area contributed by atoms with E-state index in [0.29, 0.717) is 34.6 Å². The number of halogens is 2. The van der Waals surface area contributed by atoms with Crippen LogP contribution in [0.15, 0.2) is 6.07 Å². The van der Waals surface area contributed by atoms with Crippen LogP contribution in [-0.2, 0) is 9.84 Å². The Morgan fingerprint density at radius 1 is 1.37 bits per heavy atom. The van der Waals surface area contributed by atoms with E-state index in [1.165, 1.54) is 6.07 Å². The molecule has 0 aromatic carbocycles. The van der Waals surface area contributed by atoms with Gasteiger partial charge in [-0.2, -0.15) is 0 Å². The van der Waals surface area contributed by atoms with Gasteiger partial charge in [-0.15, -0.1) is 0 Å². The molecule has 0 amide bonds. The average Bonchev–Trinajstić information content (AvgIpc) is 2.68. The van der Waals surface area contributed by atoms with Gasteiger partial charge in [-0.1, -0.05) is 23.2 Å². The topological polar surface area (TPSA) is 97.1 Å². The first-order valence-electron chi connectivity index (χ1n) is 5.68. The summed E-state index contributed by atoms with van der Waals surface area (Å²) in [6.45, 7) is 0.498. The van der Waals surface area contributed by atoms with Crippen LogP contribution in [0.2, 0.25) is 10.0 Å². The third-order valence-corrected chi connectivity index (χ3v) is 5.36. The molecule has 4 N–H and O–H groups in total. The largest absolute Gasteiger partial charge is 0.368 e. The normalized spacial score (nSPS) is 21.3. The van der Waals surface area contributed by atoms with Crippen molar-refractivity contribution in [3.8, 4) is 0 Å². The highest BCUT2D eigenvalue weighted by Crippen LogP contribution is 2.29. The molecule has 1 aliphatic rings. The molecule has 9 heteroatoms. The van der Waals surface area contributed by atoms with Gasteiger partial charge in [0.05, 0.1) is 21.6 Å². The lowest BCUT2D eigenvalue weighted by Gasteiger charge is -2.13. The average molecular weight is 325 g/mol. The van der Waals surface area contributed by atoms with Gasteiger partial charge in [-0.3, -0.25) is 0 Å². The van der Waals surface area contributed by atoms with Crippen LogP contribution < -0.4 is 16.6 Å². The zero-order valence-electron chi connectivity index (χ0n) is 9.99. The maximum Gasteiger partial charge on any atom is 0.161 e. The molecule has 1 atom stereocenters. The van der Waals surface area contributed by atoms with E-state index in [4.69, 9.17) is 29.0 Å². The van der Waals surface area contributed by atoms with Crippen LogP contribution in [0.1, 0.15) is 6.42 Å². The van der Waals surface area contributed by atoms with Gasteiger partial charge in [0, 0.05) is 6.54 Å². The fourth-order valence-electron chi connectivity index (χ4n) is 1.97. The molecule has 1 aromatic heterocycles. The lowest BCUT2D eigenvalue weighted by molar-refractivity contribution is 0.595. The maximum absolute atomic E-state index is 11.4. The molecule has 19 heavy (non-hydrogen) atoms. The van der Waals surface area contributed by atoms with Crippen LogP contribution in [0, 0.1) is 5.92 Å². The maximum atomic E-state index is 11.4. The van der Waals surface area contributed by atoms with Gasteiger partial charge in [0.2, 0.25) is 0 Å². The summed E-state index contributed by atoms with van der Waals surface area (Å²) in [6.07, 6.45) is 0.655.